The molecule has 1 aromatic heterocycles. The maximum atomic E-state index is 12.8. The summed E-state index contributed by atoms with van der Waals surface area (Å²) in [5.41, 5.74) is 4.43. The molecule has 0 N–H and O–H groups in total. The number of hydrogen-bond acceptors (Lipinski definition) is 8. The summed E-state index contributed by atoms with van der Waals surface area (Å²) in [5.74, 6) is 0.535. The standard InChI is InChI=1S/C34H39FN6O3/c1-24-6-2-7-25-8-3-9-30(32(24)25)39-17-14-28-29(23-39)37-34(44-21-5-20-43-27-11-12-27)38-33(28)40-18-19-41(26(22-40)13-16-36)31(42)10-4-15-35/h2-4,6-10,26-27H,5,11-15,17-23H2,1H3/b10-4+/t26-/m0/s1. The molecule has 0 spiro atoms. The second-order valence-corrected chi connectivity index (χ2v) is 11.7. The second kappa shape index (κ2) is 13.6. The summed E-state index contributed by atoms with van der Waals surface area (Å²) >= 11 is 0. The summed E-state index contributed by atoms with van der Waals surface area (Å²) in [7, 11) is 0. The predicted octanol–water partition coefficient (Wildman–Crippen LogP) is 4.91. The summed E-state index contributed by atoms with van der Waals surface area (Å²) in [6.45, 7) is 5.39. The fourth-order valence-electron chi connectivity index (χ4n) is 6.26. The van der Waals surface area contributed by atoms with Crippen molar-refractivity contribution in [3.8, 4) is 12.1 Å². The van der Waals surface area contributed by atoms with Crippen LogP contribution in [0, 0.1) is 18.3 Å². The zero-order valence-electron chi connectivity index (χ0n) is 25.3. The summed E-state index contributed by atoms with van der Waals surface area (Å²) in [6, 6.07) is 15.1. The second-order valence-electron chi connectivity index (χ2n) is 11.7. The maximum absolute atomic E-state index is 12.8. The number of rotatable bonds is 11. The number of anilines is 2. The van der Waals surface area contributed by atoms with E-state index in [4.69, 9.17) is 19.4 Å². The zero-order chi connectivity index (χ0) is 30.5. The maximum Gasteiger partial charge on any atom is 0.318 e. The van der Waals surface area contributed by atoms with Crippen LogP contribution in [0.1, 0.15) is 42.5 Å². The lowest BCUT2D eigenvalue weighted by atomic mass is 9.99. The van der Waals surface area contributed by atoms with E-state index in [1.165, 1.54) is 34.2 Å². The first kappa shape index (κ1) is 29.8. The van der Waals surface area contributed by atoms with Gasteiger partial charge in [0.15, 0.2) is 0 Å². The van der Waals surface area contributed by atoms with Crippen molar-refractivity contribution in [2.24, 2.45) is 0 Å². The Labute approximate surface area is 257 Å². The molecule has 1 atom stereocenters. The van der Waals surface area contributed by atoms with Gasteiger partial charge in [0.1, 0.15) is 12.5 Å². The van der Waals surface area contributed by atoms with Crippen LogP contribution >= 0.6 is 0 Å². The highest BCUT2D eigenvalue weighted by molar-refractivity contribution is 5.97. The normalized spacial score (nSPS) is 18.5. The number of aryl methyl sites for hydroxylation is 1. The van der Waals surface area contributed by atoms with Crippen LogP contribution in [0.5, 0.6) is 6.01 Å². The van der Waals surface area contributed by atoms with Crippen LogP contribution in [0.4, 0.5) is 15.9 Å². The molecule has 3 heterocycles. The van der Waals surface area contributed by atoms with Crippen LogP contribution in [0.15, 0.2) is 48.6 Å². The SMILES string of the molecule is Cc1cccc2cccc(N3CCc4c(nc(OCCCOC5CC5)nc4N4CCN(C(=O)/C=C/CF)[C@@H](CC#N)C4)C3)c12. The van der Waals surface area contributed by atoms with Gasteiger partial charge in [0.2, 0.25) is 5.91 Å². The number of nitrogens with zero attached hydrogens (tertiary/aromatic N) is 6. The molecule has 1 saturated heterocycles. The van der Waals surface area contributed by atoms with Gasteiger partial charge >= 0.3 is 6.01 Å². The molecule has 44 heavy (non-hydrogen) atoms. The molecule has 3 aliphatic rings. The predicted molar refractivity (Wildman–Crippen MR) is 168 cm³/mol. The third-order valence-electron chi connectivity index (χ3n) is 8.59. The Kier molecular flexibility index (Phi) is 9.22. The lowest BCUT2D eigenvalue weighted by molar-refractivity contribution is -0.128. The van der Waals surface area contributed by atoms with Crippen LogP contribution in [-0.2, 0) is 22.5 Å². The Bertz CT molecular complexity index is 1560. The van der Waals surface area contributed by atoms with Crippen molar-refractivity contribution in [3.05, 3.63) is 65.4 Å². The molecule has 230 valence electrons. The van der Waals surface area contributed by atoms with E-state index in [0.29, 0.717) is 51.5 Å². The molecule has 0 radical (unpaired) electrons. The van der Waals surface area contributed by atoms with Gasteiger partial charge < -0.3 is 24.2 Å². The Balaban J connectivity index is 1.28. The van der Waals surface area contributed by atoms with Gasteiger partial charge in [-0.1, -0.05) is 30.3 Å². The van der Waals surface area contributed by atoms with Crippen molar-refractivity contribution in [2.75, 3.05) is 55.9 Å². The molecule has 1 saturated carbocycles. The highest BCUT2D eigenvalue weighted by Gasteiger charge is 2.33. The number of benzene rings is 2. The summed E-state index contributed by atoms with van der Waals surface area (Å²) in [4.78, 5) is 28.8. The number of piperazine rings is 1. The Morgan fingerprint density at radius 1 is 1.11 bits per heavy atom. The molecule has 2 aliphatic heterocycles. The summed E-state index contributed by atoms with van der Waals surface area (Å²) in [5, 5.41) is 12.0. The molecule has 1 amide bonds. The quantitative estimate of drug-likeness (QED) is 0.227. The number of carbonyl (C=O) groups is 1. The minimum absolute atomic E-state index is 0.178. The van der Waals surface area contributed by atoms with E-state index < -0.39 is 6.67 Å². The Hall–Kier alpha value is -4.23. The monoisotopic (exact) mass is 598 g/mol. The topological polar surface area (TPSA) is 94.8 Å². The highest BCUT2D eigenvalue weighted by atomic mass is 19.1. The van der Waals surface area contributed by atoms with Crippen molar-refractivity contribution in [3.63, 3.8) is 0 Å². The molecular formula is C34H39FN6O3. The third kappa shape index (κ3) is 6.63. The van der Waals surface area contributed by atoms with Crippen LogP contribution in [0.25, 0.3) is 10.8 Å². The number of aromatic nitrogens is 2. The van der Waals surface area contributed by atoms with Gasteiger partial charge in [0.05, 0.1) is 50.1 Å². The molecule has 0 bridgehead atoms. The minimum Gasteiger partial charge on any atom is -0.463 e. The first-order chi connectivity index (χ1) is 21.6. The van der Waals surface area contributed by atoms with Gasteiger partial charge in [-0.25, -0.2) is 4.39 Å². The number of alkyl halides is 1. The van der Waals surface area contributed by atoms with Crippen molar-refractivity contribution in [2.45, 2.75) is 57.7 Å². The number of hydrogen-bond donors (Lipinski definition) is 0. The number of fused-ring (bicyclic) bond motifs is 2. The molecule has 1 aliphatic carbocycles. The van der Waals surface area contributed by atoms with Crippen molar-refractivity contribution in [1.29, 1.82) is 5.26 Å². The zero-order valence-corrected chi connectivity index (χ0v) is 25.3. The van der Waals surface area contributed by atoms with E-state index in [-0.39, 0.29) is 18.4 Å². The number of halogens is 1. The first-order valence-electron chi connectivity index (χ1n) is 15.6. The lowest BCUT2D eigenvalue weighted by Gasteiger charge is -2.42. The van der Waals surface area contributed by atoms with Crippen molar-refractivity contribution in [1.82, 2.24) is 14.9 Å². The molecular weight excluding hydrogens is 559 g/mol. The molecule has 3 aromatic rings. The fraction of sp³-hybridized carbons (Fsp3) is 0.471. The summed E-state index contributed by atoms with van der Waals surface area (Å²) in [6.07, 6.45) is 6.85. The Morgan fingerprint density at radius 2 is 1.95 bits per heavy atom. The third-order valence-corrected chi connectivity index (χ3v) is 8.59. The molecule has 6 rings (SSSR count). The van der Waals surface area contributed by atoms with Gasteiger partial charge in [-0.3, -0.25) is 4.79 Å². The Morgan fingerprint density at radius 3 is 2.75 bits per heavy atom. The van der Waals surface area contributed by atoms with Gasteiger partial charge in [-0.05, 0) is 49.3 Å². The van der Waals surface area contributed by atoms with Crippen LogP contribution in [-0.4, -0.2) is 79.0 Å². The van der Waals surface area contributed by atoms with Gasteiger partial charge in [-0.2, -0.15) is 15.2 Å². The molecule has 10 heteroatoms. The molecule has 0 unspecified atom stereocenters. The average molecular weight is 599 g/mol. The van der Waals surface area contributed by atoms with Gasteiger partial charge in [0, 0.05) is 55.3 Å². The number of amides is 1. The van der Waals surface area contributed by atoms with E-state index in [1.54, 1.807) is 4.90 Å². The van der Waals surface area contributed by atoms with E-state index in [1.807, 2.05) is 0 Å². The molecule has 9 nitrogen and oxygen atoms in total. The van der Waals surface area contributed by atoms with Crippen molar-refractivity contribution < 1.29 is 18.7 Å². The number of nitriles is 1. The van der Waals surface area contributed by atoms with Gasteiger partial charge in [0.25, 0.3) is 0 Å². The first-order valence-corrected chi connectivity index (χ1v) is 15.6. The average Bonchev–Trinajstić information content (AvgIpc) is 3.87. The number of allylic oxidation sites excluding steroid dienone is 1. The fourth-order valence-corrected chi connectivity index (χ4v) is 6.26. The van der Waals surface area contributed by atoms with E-state index >= 15 is 0 Å². The smallest absolute Gasteiger partial charge is 0.318 e. The van der Waals surface area contributed by atoms with Crippen molar-refractivity contribution >= 4 is 28.2 Å². The van der Waals surface area contributed by atoms with Crippen LogP contribution < -0.4 is 14.5 Å². The van der Waals surface area contributed by atoms with E-state index in [0.717, 1.165) is 49.3 Å². The largest absolute Gasteiger partial charge is 0.463 e. The summed E-state index contributed by atoms with van der Waals surface area (Å²) < 4.78 is 24.6. The van der Waals surface area contributed by atoms with Crippen LogP contribution in [0.2, 0.25) is 0 Å². The molecule has 2 aromatic carbocycles. The van der Waals surface area contributed by atoms with Gasteiger partial charge in [-0.15, -0.1) is 0 Å². The number of carbonyl (C=O) groups excluding carboxylic acids is 1. The highest BCUT2D eigenvalue weighted by Crippen LogP contribution is 2.36. The van der Waals surface area contributed by atoms with E-state index in [9.17, 15) is 14.4 Å². The van der Waals surface area contributed by atoms with E-state index in [2.05, 4.69) is 59.2 Å². The minimum atomic E-state index is -0.702. The lowest BCUT2D eigenvalue weighted by Crippen LogP contribution is -2.55. The molecule has 2 fully saturated rings. The van der Waals surface area contributed by atoms with Crippen LogP contribution in [0.3, 0.4) is 0 Å². The number of ether oxygens (including phenoxy) is 2.